The van der Waals surface area contributed by atoms with Gasteiger partial charge in [0.15, 0.2) is 0 Å². The largest absolute Gasteiger partial charge is 0.394 e. The van der Waals surface area contributed by atoms with Crippen LogP contribution in [0.1, 0.15) is 0 Å². The molecular weight excluding hydrogens is 174 g/mol. The van der Waals surface area contributed by atoms with Gasteiger partial charge < -0.3 is 25.0 Å². The molecule has 13 heavy (non-hydrogen) atoms. The lowest BCUT2D eigenvalue weighted by Crippen LogP contribution is -2.37. The molecule has 0 aromatic rings. The van der Waals surface area contributed by atoms with Crippen molar-refractivity contribution in [1.29, 1.82) is 0 Å². The molecule has 5 heteroatoms. The number of methoxy groups -OCH3 is 2. The van der Waals surface area contributed by atoms with Crippen molar-refractivity contribution in [2.45, 2.75) is 12.2 Å². The molecule has 0 aliphatic carbocycles. The fourth-order valence-corrected chi connectivity index (χ4v) is 0.850. The number of nitrogens with one attached hydrogen (secondary N) is 1. The van der Waals surface area contributed by atoms with Crippen molar-refractivity contribution in [3.63, 3.8) is 0 Å². The van der Waals surface area contributed by atoms with Gasteiger partial charge >= 0.3 is 0 Å². The van der Waals surface area contributed by atoms with E-state index in [1.807, 2.05) is 0 Å². The highest BCUT2D eigenvalue weighted by atomic mass is 16.5. The molecule has 0 saturated carbocycles. The van der Waals surface area contributed by atoms with Crippen LogP contribution in [0.5, 0.6) is 0 Å². The van der Waals surface area contributed by atoms with E-state index in [-0.39, 0.29) is 25.4 Å². The topological polar surface area (TPSA) is 71.0 Å². The number of hydrogen-bond acceptors (Lipinski definition) is 5. The summed E-state index contributed by atoms with van der Waals surface area (Å²) >= 11 is 0. The molecule has 0 saturated heterocycles. The lowest BCUT2D eigenvalue weighted by molar-refractivity contribution is 0.0317. The van der Waals surface area contributed by atoms with E-state index in [1.54, 1.807) is 14.2 Å². The van der Waals surface area contributed by atoms with E-state index in [1.165, 1.54) is 0 Å². The standard InChI is InChI=1S/C8H19NO4/c1-12-7(5-10)3-9-4-8(6-11)13-2/h7-11H,3-6H2,1-2H3. The van der Waals surface area contributed by atoms with Crippen molar-refractivity contribution in [2.24, 2.45) is 0 Å². The fraction of sp³-hybridized carbons (Fsp3) is 1.00. The SMILES string of the molecule is COC(CO)CNCC(CO)OC. The minimum absolute atomic E-state index is 0.0136. The van der Waals surface area contributed by atoms with E-state index in [4.69, 9.17) is 19.7 Å². The predicted molar refractivity (Wildman–Crippen MR) is 48.6 cm³/mol. The molecule has 0 radical (unpaired) electrons. The van der Waals surface area contributed by atoms with Gasteiger partial charge in [-0.3, -0.25) is 0 Å². The first kappa shape index (κ1) is 12.8. The smallest absolute Gasteiger partial charge is 0.0925 e. The first-order valence-corrected chi connectivity index (χ1v) is 4.26. The molecule has 2 unspecified atom stereocenters. The summed E-state index contributed by atoms with van der Waals surface area (Å²) in [5, 5.41) is 20.5. The predicted octanol–water partition coefficient (Wildman–Crippen LogP) is -1.41. The normalized spacial score (nSPS) is 15.7. The van der Waals surface area contributed by atoms with Crippen LogP contribution in [0.2, 0.25) is 0 Å². The molecule has 0 rings (SSSR count). The summed E-state index contributed by atoms with van der Waals surface area (Å²) < 4.78 is 9.87. The van der Waals surface area contributed by atoms with Crippen LogP contribution in [0.15, 0.2) is 0 Å². The Morgan fingerprint density at radius 3 is 1.62 bits per heavy atom. The third-order valence-corrected chi connectivity index (χ3v) is 1.82. The number of aliphatic hydroxyl groups excluding tert-OH is 2. The molecule has 3 N–H and O–H groups in total. The molecule has 80 valence electrons. The van der Waals surface area contributed by atoms with Gasteiger partial charge in [-0.2, -0.15) is 0 Å². The molecule has 0 aliphatic heterocycles. The van der Waals surface area contributed by atoms with E-state index < -0.39 is 0 Å². The summed E-state index contributed by atoms with van der Waals surface area (Å²) in [7, 11) is 3.09. The van der Waals surface area contributed by atoms with Gasteiger partial charge in [0, 0.05) is 27.3 Å². The summed E-state index contributed by atoms with van der Waals surface area (Å²) in [6.07, 6.45) is -0.396. The highest BCUT2D eigenvalue weighted by molar-refractivity contribution is 4.63. The molecule has 2 atom stereocenters. The van der Waals surface area contributed by atoms with Crippen LogP contribution in [0.3, 0.4) is 0 Å². The quantitative estimate of drug-likeness (QED) is 0.442. The van der Waals surface area contributed by atoms with Crippen molar-refractivity contribution in [1.82, 2.24) is 5.32 Å². The Morgan fingerprint density at radius 1 is 1.00 bits per heavy atom. The molecule has 0 aliphatic rings. The van der Waals surface area contributed by atoms with Gasteiger partial charge in [0.25, 0.3) is 0 Å². The average Bonchev–Trinajstić information content (AvgIpc) is 2.19. The monoisotopic (exact) mass is 193 g/mol. The lowest BCUT2D eigenvalue weighted by atomic mass is 10.3. The molecule has 0 amide bonds. The third kappa shape index (κ3) is 5.95. The van der Waals surface area contributed by atoms with Gasteiger partial charge in [-0.25, -0.2) is 0 Å². The molecule has 0 spiro atoms. The first-order chi connectivity index (χ1) is 6.28. The van der Waals surface area contributed by atoms with E-state index in [0.717, 1.165) is 0 Å². The van der Waals surface area contributed by atoms with Crippen LogP contribution >= 0.6 is 0 Å². The average molecular weight is 193 g/mol. The molecule has 0 aromatic carbocycles. The van der Waals surface area contributed by atoms with Crippen LogP contribution in [0.4, 0.5) is 0 Å². The van der Waals surface area contributed by atoms with Crippen LogP contribution in [-0.2, 0) is 9.47 Å². The van der Waals surface area contributed by atoms with Crippen LogP contribution in [0.25, 0.3) is 0 Å². The van der Waals surface area contributed by atoms with Crippen molar-refractivity contribution in [2.75, 3.05) is 40.5 Å². The van der Waals surface area contributed by atoms with Gasteiger partial charge in [0.05, 0.1) is 25.4 Å². The molecular formula is C8H19NO4. The van der Waals surface area contributed by atoms with E-state index >= 15 is 0 Å². The highest BCUT2D eigenvalue weighted by Crippen LogP contribution is 1.88. The summed E-state index contributed by atoms with van der Waals surface area (Å²) in [6, 6.07) is 0. The number of rotatable bonds is 8. The van der Waals surface area contributed by atoms with Crippen LogP contribution in [-0.4, -0.2) is 62.9 Å². The van der Waals surface area contributed by atoms with E-state index in [9.17, 15) is 0 Å². The van der Waals surface area contributed by atoms with E-state index in [0.29, 0.717) is 13.1 Å². The van der Waals surface area contributed by atoms with Crippen molar-refractivity contribution in [3.8, 4) is 0 Å². The summed E-state index contributed by atoms with van der Waals surface area (Å²) in [5.74, 6) is 0. The molecule has 5 nitrogen and oxygen atoms in total. The Kier molecular flexibility index (Phi) is 8.27. The zero-order valence-corrected chi connectivity index (χ0v) is 8.19. The van der Waals surface area contributed by atoms with Gasteiger partial charge in [0.2, 0.25) is 0 Å². The maximum absolute atomic E-state index is 8.76. The summed E-state index contributed by atoms with van der Waals surface area (Å²) in [6.45, 7) is 1.07. The summed E-state index contributed by atoms with van der Waals surface area (Å²) in [5.41, 5.74) is 0. The first-order valence-electron chi connectivity index (χ1n) is 4.26. The zero-order valence-electron chi connectivity index (χ0n) is 8.19. The number of hydrogen-bond donors (Lipinski definition) is 3. The van der Waals surface area contributed by atoms with Gasteiger partial charge in [-0.15, -0.1) is 0 Å². The van der Waals surface area contributed by atoms with Crippen LogP contribution in [0, 0.1) is 0 Å². The Bertz CT molecular complexity index is 92.3. The Morgan fingerprint density at radius 2 is 1.38 bits per heavy atom. The minimum atomic E-state index is -0.198. The maximum atomic E-state index is 8.76. The van der Waals surface area contributed by atoms with Crippen molar-refractivity contribution in [3.05, 3.63) is 0 Å². The number of ether oxygens (including phenoxy) is 2. The minimum Gasteiger partial charge on any atom is -0.394 e. The Balaban J connectivity index is 3.41. The summed E-state index contributed by atoms with van der Waals surface area (Å²) in [4.78, 5) is 0. The molecule has 0 heterocycles. The van der Waals surface area contributed by atoms with Crippen molar-refractivity contribution < 1.29 is 19.7 Å². The number of aliphatic hydroxyl groups is 2. The van der Waals surface area contributed by atoms with E-state index in [2.05, 4.69) is 5.32 Å². The maximum Gasteiger partial charge on any atom is 0.0925 e. The van der Waals surface area contributed by atoms with Gasteiger partial charge in [-0.05, 0) is 0 Å². The Labute approximate surface area is 78.7 Å². The molecule has 0 fully saturated rings. The molecule has 0 bridgehead atoms. The Hall–Kier alpha value is -0.200. The second-order valence-corrected chi connectivity index (χ2v) is 2.74. The highest BCUT2D eigenvalue weighted by Gasteiger charge is 2.07. The fourth-order valence-electron chi connectivity index (χ4n) is 0.850. The third-order valence-electron chi connectivity index (χ3n) is 1.82. The lowest BCUT2D eigenvalue weighted by Gasteiger charge is -2.16. The van der Waals surface area contributed by atoms with Gasteiger partial charge in [-0.1, -0.05) is 0 Å². The van der Waals surface area contributed by atoms with Crippen LogP contribution < -0.4 is 5.32 Å². The van der Waals surface area contributed by atoms with Crippen molar-refractivity contribution >= 4 is 0 Å². The second kappa shape index (κ2) is 8.40. The zero-order chi connectivity index (χ0) is 10.1. The molecule has 0 aromatic heterocycles. The second-order valence-electron chi connectivity index (χ2n) is 2.74. The van der Waals surface area contributed by atoms with Gasteiger partial charge in [0.1, 0.15) is 0 Å².